The van der Waals surface area contributed by atoms with E-state index in [0.717, 1.165) is 24.9 Å². The third kappa shape index (κ3) is 4.26. The Hall–Kier alpha value is -2.78. The molecule has 1 unspecified atom stereocenters. The van der Waals surface area contributed by atoms with E-state index in [1.165, 1.54) is 0 Å². The summed E-state index contributed by atoms with van der Waals surface area (Å²) in [4.78, 5) is 45.1. The number of esters is 1. The quantitative estimate of drug-likeness (QED) is 0.316. The van der Waals surface area contributed by atoms with Crippen LogP contribution in [0.1, 0.15) is 32.6 Å². The summed E-state index contributed by atoms with van der Waals surface area (Å²) in [5.41, 5.74) is 0.731. The molecule has 2 amide bonds. The van der Waals surface area contributed by atoms with Crippen LogP contribution in [-0.4, -0.2) is 76.7 Å². The first kappa shape index (κ1) is 25.9. The number of unbranched alkanes of at least 4 members (excludes halogenated alkanes) is 3. The number of thioether (sulfide) groups is 1. The number of benzene rings is 1. The Labute approximate surface area is 221 Å². The minimum Gasteiger partial charge on any atom is -0.497 e. The lowest BCUT2D eigenvalue weighted by Crippen LogP contribution is -2.53. The molecule has 37 heavy (non-hydrogen) atoms. The van der Waals surface area contributed by atoms with Gasteiger partial charge in [-0.25, -0.2) is 0 Å². The van der Waals surface area contributed by atoms with Crippen LogP contribution < -0.4 is 9.64 Å². The van der Waals surface area contributed by atoms with E-state index in [9.17, 15) is 14.4 Å². The van der Waals surface area contributed by atoms with Gasteiger partial charge in [0, 0.05) is 30.1 Å². The molecular formula is C28H34N2O6S. The van der Waals surface area contributed by atoms with Crippen molar-refractivity contribution in [1.29, 1.82) is 0 Å². The molecule has 4 aliphatic rings. The highest BCUT2D eigenvalue weighted by Gasteiger charge is 2.74. The molecule has 0 aromatic heterocycles. The summed E-state index contributed by atoms with van der Waals surface area (Å²) in [6.45, 7) is 3.11. The van der Waals surface area contributed by atoms with Crippen LogP contribution in [0, 0.1) is 11.8 Å². The third-order valence-electron chi connectivity index (χ3n) is 8.00. The number of aliphatic hydroxyl groups excluding tert-OH is 1. The largest absolute Gasteiger partial charge is 0.497 e. The number of hydrogen-bond donors (Lipinski definition) is 1. The van der Waals surface area contributed by atoms with E-state index in [1.54, 1.807) is 28.7 Å². The van der Waals surface area contributed by atoms with Crippen LogP contribution in [0.3, 0.4) is 0 Å². The van der Waals surface area contributed by atoms with Crippen LogP contribution in [0.4, 0.5) is 5.69 Å². The zero-order chi connectivity index (χ0) is 26.2. The average Bonchev–Trinajstić information content (AvgIpc) is 3.14. The summed E-state index contributed by atoms with van der Waals surface area (Å²) in [7, 11) is 1.60. The number of methoxy groups -OCH3 is 1. The highest BCUT2D eigenvalue weighted by molar-refractivity contribution is 8.02. The summed E-state index contributed by atoms with van der Waals surface area (Å²) < 4.78 is 9.24. The van der Waals surface area contributed by atoms with Crippen LogP contribution >= 0.6 is 11.8 Å². The number of hydrogen-bond acceptors (Lipinski definition) is 7. The fourth-order valence-electron chi connectivity index (χ4n) is 6.34. The number of ether oxygens (including phenoxy) is 2. The van der Waals surface area contributed by atoms with Crippen LogP contribution in [0.2, 0.25) is 0 Å². The second-order valence-corrected chi connectivity index (χ2v) is 12.0. The molecule has 4 heterocycles. The van der Waals surface area contributed by atoms with E-state index >= 15 is 0 Å². The molecular weight excluding hydrogens is 492 g/mol. The maximum atomic E-state index is 14.4. The molecule has 9 heteroatoms. The molecule has 1 spiro atoms. The highest BCUT2D eigenvalue weighted by Crippen LogP contribution is 2.65. The lowest BCUT2D eigenvalue weighted by Gasteiger charge is -2.36. The molecule has 1 aromatic rings. The van der Waals surface area contributed by atoms with Crippen LogP contribution in [-0.2, 0) is 19.1 Å². The molecule has 0 radical (unpaired) electrons. The second-order valence-electron chi connectivity index (χ2n) is 10.2. The maximum Gasteiger partial charge on any atom is 0.311 e. The zero-order valence-corrected chi connectivity index (χ0v) is 22.1. The Morgan fingerprint density at radius 1 is 1.03 bits per heavy atom. The van der Waals surface area contributed by atoms with Gasteiger partial charge >= 0.3 is 5.97 Å². The fourth-order valence-corrected chi connectivity index (χ4v) is 8.49. The lowest BCUT2D eigenvalue weighted by molar-refractivity contribution is -0.152. The predicted molar refractivity (Wildman–Crippen MR) is 141 cm³/mol. The van der Waals surface area contributed by atoms with Gasteiger partial charge < -0.3 is 24.4 Å². The standard InChI is InChI=1S/C28H34N2O6S/c1-27-13-8-18-36-26(34)22(27)21-24(32)30(15-5-3-4-6-17-31)23-25(33)29(16-7-14-28(21,23)37-27)19-9-11-20(35-2)12-10-19/h7-14,21-23,31H,3-6,15-18H2,1-2H3/t21-,22+,23?,27-,28-/m0/s1. The van der Waals surface area contributed by atoms with E-state index in [4.69, 9.17) is 14.6 Å². The number of rotatable bonds is 8. The molecule has 0 aliphatic carbocycles. The number of amides is 2. The van der Waals surface area contributed by atoms with Crippen molar-refractivity contribution in [2.75, 3.05) is 38.3 Å². The number of nitrogens with zero attached hydrogens (tertiary/aromatic N) is 2. The summed E-state index contributed by atoms with van der Waals surface area (Å²) in [6, 6.07) is 6.60. The molecule has 198 valence electrons. The smallest absolute Gasteiger partial charge is 0.311 e. The summed E-state index contributed by atoms with van der Waals surface area (Å²) >= 11 is 1.55. The van der Waals surface area contributed by atoms with Crippen LogP contribution in [0.15, 0.2) is 48.6 Å². The number of likely N-dealkylation sites (tertiary alicyclic amines) is 1. The normalized spacial score (nSPS) is 32.5. The van der Waals surface area contributed by atoms with E-state index in [1.807, 2.05) is 55.5 Å². The lowest BCUT2D eigenvalue weighted by atomic mass is 9.75. The Balaban J connectivity index is 1.54. The number of anilines is 1. The first-order valence-electron chi connectivity index (χ1n) is 13.0. The molecule has 1 aromatic carbocycles. The average molecular weight is 527 g/mol. The van der Waals surface area contributed by atoms with Crippen LogP contribution in [0.25, 0.3) is 0 Å². The van der Waals surface area contributed by atoms with E-state index in [0.29, 0.717) is 25.3 Å². The zero-order valence-electron chi connectivity index (χ0n) is 21.3. The van der Waals surface area contributed by atoms with Gasteiger partial charge in [0.25, 0.3) is 5.91 Å². The van der Waals surface area contributed by atoms with Crippen molar-refractivity contribution in [1.82, 2.24) is 4.90 Å². The Bertz CT molecular complexity index is 1120. The van der Waals surface area contributed by atoms with Gasteiger partial charge in [-0.1, -0.05) is 31.1 Å². The summed E-state index contributed by atoms with van der Waals surface area (Å²) in [5.74, 6) is -1.34. The number of fused-ring (bicyclic) bond motifs is 2. The van der Waals surface area contributed by atoms with Crippen molar-refractivity contribution in [3.05, 3.63) is 48.6 Å². The van der Waals surface area contributed by atoms with Crippen molar-refractivity contribution in [2.45, 2.75) is 48.1 Å². The molecule has 0 bridgehead atoms. The summed E-state index contributed by atoms with van der Waals surface area (Å²) in [6.07, 6.45) is 10.9. The van der Waals surface area contributed by atoms with Gasteiger partial charge in [-0.15, -0.1) is 11.8 Å². The van der Waals surface area contributed by atoms with Crippen molar-refractivity contribution < 1.29 is 29.0 Å². The topological polar surface area (TPSA) is 96.4 Å². The monoisotopic (exact) mass is 526 g/mol. The number of carbonyl (C=O) groups is 3. The van der Waals surface area contributed by atoms with Gasteiger partial charge in [0.15, 0.2) is 0 Å². The second kappa shape index (κ2) is 10.2. The molecule has 1 N–H and O–H groups in total. The predicted octanol–water partition coefficient (Wildman–Crippen LogP) is 2.95. The fraction of sp³-hybridized carbons (Fsp3) is 0.536. The van der Waals surface area contributed by atoms with Gasteiger partial charge in [0.1, 0.15) is 18.4 Å². The molecule has 2 fully saturated rings. The van der Waals surface area contributed by atoms with E-state index < -0.39 is 27.4 Å². The van der Waals surface area contributed by atoms with Gasteiger partial charge in [0.2, 0.25) is 5.91 Å². The number of cyclic esters (lactones) is 1. The number of aliphatic hydroxyl groups is 1. The third-order valence-corrected chi connectivity index (χ3v) is 9.80. The molecule has 5 atom stereocenters. The highest BCUT2D eigenvalue weighted by atomic mass is 32.2. The molecule has 4 aliphatic heterocycles. The first-order chi connectivity index (χ1) is 17.9. The molecule has 0 saturated carbocycles. The Morgan fingerprint density at radius 3 is 2.51 bits per heavy atom. The Kier molecular flexibility index (Phi) is 7.11. The Morgan fingerprint density at radius 2 is 1.78 bits per heavy atom. The molecule has 5 rings (SSSR count). The molecule has 8 nitrogen and oxygen atoms in total. The van der Waals surface area contributed by atoms with E-state index in [-0.39, 0.29) is 31.0 Å². The van der Waals surface area contributed by atoms with E-state index in [2.05, 4.69) is 0 Å². The van der Waals surface area contributed by atoms with Gasteiger partial charge in [0.05, 0.1) is 23.7 Å². The van der Waals surface area contributed by atoms with Crippen LogP contribution in [0.5, 0.6) is 5.75 Å². The number of carbonyl (C=O) groups excluding carboxylic acids is 3. The maximum absolute atomic E-state index is 14.4. The SMILES string of the molecule is COc1ccc(N2CC=C[C@]34S[C@@]5(C)C=CCOC(=O)[C@H]5[C@H]3C(=O)N(CCCCCCO)C4C2=O)cc1. The van der Waals surface area contributed by atoms with Crippen molar-refractivity contribution in [3.63, 3.8) is 0 Å². The van der Waals surface area contributed by atoms with Crippen molar-refractivity contribution in [2.24, 2.45) is 11.8 Å². The van der Waals surface area contributed by atoms with Gasteiger partial charge in [-0.2, -0.15) is 0 Å². The van der Waals surface area contributed by atoms with Gasteiger partial charge in [-0.3, -0.25) is 14.4 Å². The minimum absolute atomic E-state index is 0.142. The first-order valence-corrected chi connectivity index (χ1v) is 13.8. The van der Waals surface area contributed by atoms with Crippen molar-refractivity contribution >= 4 is 35.2 Å². The minimum atomic E-state index is -0.874. The molecule has 2 saturated heterocycles. The van der Waals surface area contributed by atoms with Gasteiger partial charge in [-0.05, 0) is 50.1 Å². The summed E-state index contributed by atoms with van der Waals surface area (Å²) in [5, 5.41) is 9.12. The van der Waals surface area contributed by atoms with Crippen molar-refractivity contribution in [3.8, 4) is 5.75 Å².